The summed E-state index contributed by atoms with van der Waals surface area (Å²) in [6.07, 6.45) is -0.342. The topological polar surface area (TPSA) is 81.5 Å². The summed E-state index contributed by atoms with van der Waals surface area (Å²) in [5.41, 5.74) is 1.28. The third kappa shape index (κ3) is 3.60. The molecule has 0 saturated carbocycles. The number of nitrogens with zero attached hydrogens (tertiary/aromatic N) is 1. The van der Waals surface area contributed by atoms with Gasteiger partial charge in [-0.15, -0.1) is 0 Å². The van der Waals surface area contributed by atoms with Gasteiger partial charge in [0.25, 0.3) is 11.6 Å². The number of nitro groups is 1. The first-order valence-electron chi connectivity index (χ1n) is 6.74. The van der Waals surface area contributed by atoms with Crippen molar-refractivity contribution in [1.29, 1.82) is 0 Å². The van der Waals surface area contributed by atoms with Crippen molar-refractivity contribution in [3.05, 3.63) is 69.8 Å². The predicted molar refractivity (Wildman–Crippen MR) is 82.0 cm³/mol. The zero-order valence-corrected chi connectivity index (χ0v) is 12.3. The Hall–Kier alpha value is -2.89. The first kappa shape index (κ1) is 15.5. The molecule has 2 aromatic carbocycles. The highest BCUT2D eigenvalue weighted by Crippen LogP contribution is 2.24. The van der Waals surface area contributed by atoms with E-state index >= 15 is 0 Å². The number of amides is 1. The first-order valence-corrected chi connectivity index (χ1v) is 6.74. The Morgan fingerprint density at radius 3 is 2.50 bits per heavy atom. The lowest BCUT2D eigenvalue weighted by atomic mass is 10.1. The molecule has 2 aromatic rings. The van der Waals surface area contributed by atoms with Crippen molar-refractivity contribution in [2.45, 2.75) is 13.0 Å². The maximum absolute atomic E-state index is 11.5. The minimum absolute atomic E-state index is 0.0305. The number of non-ortho nitro benzene ring substituents is 1. The summed E-state index contributed by atoms with van der Waals surface area (Å²) in [5, 5.41) is 13.3. The predicted octanol–water partition coefficient (Wildman–Crippen LogP) is 3.09. The van der Waals surface area contributed by atoms with Crippen LogP contribution >= 0.6 is 0 Å². The molecule has 0 bridgehead atoms. The fraction of sp³-hybridized carbons (Fsp3) is 0.188. The van der Waals surface area contributed by atoms with Crippen LogP contribution in [0.2, 0.25) is 0 Å². The summed E-state index contributed by atoms with van der Waals surface area (Å²) in [6, 6.07) is 13.0. The van der Waals surface area contributed by atoms with Crippen LogP contribution in [0.15, 0.2) is 48.5 Å². The van der Waals surface area contributed by atoms with Crippen LogP contribution in [0.3, 0.4) is 0 Å². The summed E-state index contributed by atoms with van der Waals surface area (Å²) < 4.78 is 5.75. The first-order chi connectivity index (χ1) is 10.5. The largest absolute Gasteiger partial charge is 0.486 e. The van der Waals surface area contributed by atoms with E-state index in [-0.39, 0.29) is 17.7 Å². The van der Waals surface area contributed by atoms with Gasteiger partial charge in [0.1, 0.15) is 11.9 Å². The van der Waals surface area contributed by atoms with Crippen LogP contribution in [-0.4, -0.2) is 17.9 Å². The number of hydrogen-bond acceptors (Lipinski definition) is 4. The van der Waals surface area contributed by atoms with Crippen molar-refractivity contribution in [3.63, 3.8) is 0 Å². The van der Waals surface area contributed by atoms with Gasteiger partial charge in [0.05, 0.1) is 4.92 Å². The van der Waals surface area contributed by atoms with E-state index in [2.05, 4.69) is 5.32 Å². The minimum Gasteiger partial charge on any atom is -0.486 e. The van der Waals surface area contributed by atoms with Crippen LogP contribution in [0.5, 0.6) is 5.75 Å². The molecule has 0 aliphatic heterocycles. The fourth-order valence-corrected chi connectivity index (χ4v) is 1.99. The van der Waals surface area contributed by atoms with Gasteiger partial charge >= 0.3 is 0 Å². The minimum atomic E-state index is -0.436. The Kier molecular flexibility index (Phi) is 4.73. The quantitative estimate of drug-likeness (QED) is 0.679. The smallest absolute Gasteiger partial charge is 0.269 e. The van der Waals surface area contributed by atoms with E-state index in [9.17, 15) is 14.9 Å². The Morgan fingerprint density at radius 2 is 1.91 bits per heavy atom. The molecule has 1 N–H and O–H groups in total. The van der Waals surface area contributed by atoms with Gasteiger partial charge in [0.15, 0.2) is 0 Å². The van der Waals surface area contributed by atoms with Crippen LogP contribution in [-0.2, 0) is 0 Å². The molecular weight excluding hydrogens is 284 g/mol. The summed E-state index contributed by atoms with van der Waals surface area (Å²) in [5.74, 6) is 0.421. The maximum atomic E-state index is 11.5. The van der Waals surface area contributed by atoms with E-state index in [1.807, 2.05) is 6.92 Å². The number of ether oxygens (including phenoxy) is 1. The van der Waals surface area contributed by atoms with Gasteiger partial charge in [-0.1, -0.05) is 12.1 Å². The summed E-state index contributed by atoms with van der Waals surface area (Å²) in [6.45, 7) is 1.81. The lowest BCUT2D eigenvalue weighted by Crippen LogP contribution is -2.17. The van der Waals surface area contributed by atoms with E-state index in [1.165, 1.54) is 12.1 Å². The van der Waals surface area contributed by atoms with E-state index in [0.717, 1.165) is 0 Å². The SMILES string of the molecule is CNC(=O)c1ccc(O[C@@H](C)c2cccc([N+](=O)[O-])c2)cc1. The molecule has 2 rings (SSSR count). The highest BCUT2D eigenvalue weighted by atomic mass is 16.6. The Morgan fingerprint density at radius 1 is 1.23 bits per heavy atom. The molecule has 0 radical (unpaired) electrons. The average Bonchev–Trinajstić information content (AvgIpc) is 2.54. The molecule has 1 amide bonds. The molecule has 0 aliphatic rings. The number of benzene rings is 2. The molecule has 0 unspecified atom stereocenters. The summed E-state index contributed by atoms with van der Waals surface area (Å²) in [7, 11) is 1.57. The lowest BCUT2D eigenvalue weighted by molar-refractivity contribution is -0.385. The molecule has 6 nitrogen and oxygen atoms in total. The Labute approximate surface area is 127 Å². The van der Waals surface area contributed by atoms with E-state index < -0.39 is 4.92 Å². The second kappa shape index (κ2) is 6.71. The molecule has 1 atom stereocenters. The van der Waals surface area contributed by atoms with Gasteiger partial charge < -0.3 is 10.1 Å². The van der Waals surface area contributed by atoms with Crippen LogP contribution in [0.4, 0.5) is 5.69 Å². The Balaban J connectivity index is 2.11. The van der Waals surface area contributed by atoms with Gasteiger partial charge in [0, 0.05) is 24.7 Å². The molecule has 0 heterocycles. The molecular formula is C16H16N2O4. The standard InChI is InChI=1S/C16H16N2O4/c1-11(13-4-3-5-14(10-13)18(20)21)22-15-8-6-12(7-9-15)16(19)17-2/h3-11H,1-2H3,(H,17,19)/t11-/m0/s1. The summed E-state index contributed by atoms with van der Waals surface area (Å²) >= 11 is 0. The monoisotopic (exact) mass is 300 g/mol. The molecule has 6 heteroatoms. The number of nitro benzene ring substituents is 1. The molecule has 0 aromatic heterocycles. The zero-order valence-electron chi connectivity index (χ0n) is 12.3. The van der Waals surface area contributed by atoms with Crippen molar-refractivity contribution in [1.82, 2.24) is 5.32 Å². The van der Waals surface area contributed by atoms with Crippen LogP contribution in [0, 0.1) is 10.1 Å². The van der Waals surface area contributed by atoms with Crippen LogP contribution in [0.1, 0.15) is 28.9 Å². The van der Waals surface area contributed by atoms with E-state index in [4.69, 9.17) is 4.74 Å². The normalized spacial score (nSPS) is 11.5. The number of hydrogen-bond donors (Lipinski definition) is 1. The van der Waals surface area contributed by atoms with Crippen molar-refractivity contribution in [2.24, 2.45) is 0 Å². The van der Waals surface area contributed by atoms with Crippen molar-refractivity contribution in [3.8, 4) is 5.75 Å². The van der Waals surface area contributed by atoms with Crippen molar-refractivity contribution < 1.29 is 14.5 Å². The zero-order chi connectivity index (χ0) is 16.1. The second-order valence-electron chi connectivity index (χ2n) is 4.72. The third-order valence-corrected chi connectivity index (χ3v) is 3.21. The molecule has 22 heavy (non-hydrogen) atoms. The van der Waals surface area contributed by atoms with Gasteiger partial charge in [-0.3, -0.25) is 14.9 Å². The maximum Gasteiger partial charge on any atom is 0.269 e. The number of carbonyl (C=O) groups excluding carboxylic acids is 1. The van der Waals surface area contributed by atoms with Gasteiger partial charge in [-0.05, 0) is 36.8 Å². The van der Waals surface area contributed by atoms with Gasteiger partial charge in [-0.2, -0.15) is 0 Å². The Bertz CT molecular complexity index is 683. The highest BCUT2D eigenvalue weighted by Gasteiger charge is 2.12. The lowest BCUT2D eigenvalue weighted by Gasteiger charge is -2.15. The van der Waals surface area contributed by atoms with Crippen molar-refractivity contribution >= 4 is 11.6 Å². The molecule has 0 aliphatic carbocycles. The number of nitrogens with one attached hydrogen (secondary N) is 1. The van der Waals surface area contributed by atoms with Crippen molar-refractivity contribution in [2.75, 3.05) is 7.05 Å². The number of carbonyl (C=O) groups is 1. The van der Waals surface area contributed by atoms with E-state index in [0.29, 0.717) is 16.9 Å². The molecule has 0 spiro atoms. The van der Waals surface area contributed by atoms with Crippen LogP contribution < -0.4 is 10.1 Å². The average molecular weight is 300 g/mol. The highest BCUT2D eigenvalue weighted by molar-refractivity contribution is 5.94. The van der Waals surface area contributed by atoms with Gasteiger partial charge in [0.2, 0.25) is 0 Å². The summed E-state index contributed by atoms with van der Waals surface area (Å²) in [4.78, 5) is 21.8. The third-order valence-electron chi connectivity index (χ3n) is 3.21. The van der Waals surface area contributed by atoms with Crippen LogP contribution in [0.25, 0.3) is 0 Å². The number of rotatable bonds is 5. The fourth-order valence-electron chi connectivity index (χ4n) is 1.99. The second-order valence-corrected chi connectivity index (χ2v) is 4.72. The molecule has 0 fully saturated rings. The van der Waals surface area contributed by atoms with E-state index in [1.54, 1.807) is 43.4 Å². The molecule has 0 saturated heterocycles. The molecule has 114 valence electrons. The van der Waals surface area contributed by atoms with Gasteiger partial charge in [-0.25, -0.2) is 0 Å².